The van der Waals surface area contributed by atoms with Crippen LogP contribution in [0.5, 0.6) is 0 Å². The Morgan fingerprint density at radius 2 is 1.85 bits per heavy atom. The zero-order valence-electron chi connectivity index (χ0n) is 12.5. The molecule has 1 aromatic carbocycles. The molecule has 2 saturated heterocycles. The van der Waals surface area contributed by atoms with Crippen molar-refractivity contribution in [1.82, 2.24) is 10.2 Å². The summed E-state index contributed by atoms with van der Waals surface area (Å²) in [6.07, 6.45) is 6.70. The number of nitrogens with zero attached hydrogens (tertiary/aromatic N) is 1. The van der Waals surface area contributed by atoms with Gasteiger partial charge in [0.1, 0.15) is 0 Å². The second-order valence-electron chi connectivity index (χ2n) is 6.48. The quantitative estimate of drug-likeness (QED) is 0.906. The largest absolute Gasteiger partial charge is 0.307 e. The molecular weight excluding hydrogens is 268 g/mol. The van der Waals surface area contributed by atoms with Crippen LogP contribution in [-0.2, 0) is 0 Å². The highest BCUT2D eigenvalue weighted by Gasteiger charge is 2.36. The van der Waals surface area contributed by atoms with Crippen molar-refractivity contribution in [2.75, 3.05) is 7.05 Å². The van der Waals surface area contributed by atoms with Crippen molar-refractivity contribution in [3.8, 4) is 0 Å². The number of rotatable bonds is 3. The lowest BCUT2D eigenvalue weighted by Crippen LogP contribution is -2.54. The maximum absolute atomic E-state index is 6.31. The van der Waals surface area contributed by atoms with Gasteiger partial charge in [0.15, 0.2) is 0 Å². The molecule has 3 unspecified atom stereocenters. The lowest BCUT2D eigenvalue weighted by atomic mass is 9.82. The van der Waals surface area contributed by atoms with Gasteiger partial charge in [-0.15, -0.1) is 0 Å². The monoisotopic (exact) mass is 292 g/mol. The third kappa shape index (κ3) is 2.88. The second-order valence-corrected chi connectivity index (χ2v) is 6.89. The number of hydrogen-bond acceptors (Lipinski definition) is 2. The molecule has 2 nitrogen and oxygen atoms in total. The fourth-order valence-corrected chi connectivity index (χ4v) is 4.32. The van der Waals surface area contributed by atoms with Crippen LogP contribution < -0.4 is 5.32 Å². The van der Waals surface area contributed by atoms with E-state index in [1.807, 2.05) is 12.1 Å². The van der Waals surface area contributed by atoms with Crippen LogP contribution in [0, 0.1) is 0 Å². The molecule has 0 radical (unpaired) electrons. The summed E-state index contributed by atoms with van der Waals surface area (Å²) >= 11 is 6.31. The van der Waals surface area contributed by atoms with Gasteiger partial charge in [0.25, 0.3) is 0 Å². The van der Waals surface area contributed by atoms with Gasteiger partial charge in [0, 0.05) is 29.2 Å². The number of hydrogen-bond donors (Lipinski definition) is 1. The van der Waals surface area contributed by atoms with Crippen LogP contribution in [-0.4, -0.2) is 30.1 Å². The number of piperidine rings is 2. The predicted molar refractivity (Wildman–Crippen MR) is 85.2 cm³/mol. The van der Waals surface area contributed by atoms with E-state index >= 15 is 0 Å². The molecule has 0 aliphatic carbocycles. The van der Waals surface area contributed by atoms with E-state index < -0.39 is 0 Å². The Morgan fingerprint density at radius 1 is 1.20 bits per heavy atom. The van der Waals surface area contributed by atoms with Gasteiger partial charge in [-0.2, -0.15) is 0 Å². The molecule has 0 aromatic heterocycles. The van der Waals surface area contributed by atoms with Crippen LogP contribution in [0.4, 0.5) is 0 Å². The summed E-state index contributed by atoms with van der Waals surface area (Å²) < 4.78 is 0. The normalized spacial score (nSPS) is 32.0. The van der Waals surface area contributed by atoms with Crippen LogP contribution in [0.15, 0.2) is 24.3 Å². The standard InChI is InChI=1S/C17H25ClN2/c1-12(16-8-3-4-9-17(16)18)19-13-10-14-6-5-7-15(11-13)20(14)2/h3-4,8-9,12-15,19H,5-7,10-11H2,1-2H3. The topological polar surface area (TPSA) is 15.3 Å². The summed E-state index contributed by atoms with van der Waals surface area (Å²) in [7, 11) is 2.31. The van der Waals surface area contributed by atoms with E-state index in [9.17, 15) is 0 Å². The van der Waals surface area contributed by atoms with E-state index in [1.165, 1.54) is 37.7 Å². The molecule has 2 bridgehead atoms. The molecule has 1 aromatic rings. The van der Waals surface area contributed by atoms with Crippen molar-refractivity contribution in [3.63, 3.8) is 0 Å². The first-order chi connectivity index (χ1) is 9.65. The Labute approximate surface area is 127 Å². The molecule has 2 heterocycles. The molecule has 110 valence electrons. The van der Waals surface area contributed by atoms with Crippen LogP contribution in [0.3, 0.4) is 0 Å². The van der Waals surface area contributed by atoms with Crippen molar-refractivity contribution in [2.24, 2.45) is 0 Å². The zero-order chi connectivity index (χ0) is 14.1. The smallest absolute Gasteiger partial charge is 0.0453 e. The maximum atomic E-state index is 6.31. The molecule has 1 N–H and O–H groups in total. The summed E-state index contributed by atoms with van der Waals surface area (Å²) in [5.41, 5.74) is 1.22. The van der Waals surface area contributed by atoms with Crippen LogP contribution in [0.1, 0.15) is 50.6 Å². The van der Waals surface area contributed by atoms with Gasteiger partial charge >= 0.3 is 0 Å². The molecule has 0 saturated carbocycles. The van der Waals surface area contributed by atoms with E-state index in [4.69, 9.17) is 11.6 Å². The van der Waals surface area contributed by atoms with Gasteiger partial charge in [0.2, 0.25) is 0 Å². The summed E-state index contributed by atoms with van der Waals surface area (Å²) in [5.74, 6) is 0. The summed E-state index contributed by atoms with van der Waals surface area (Å²) in [5, 5.41) is 4.69. The van der Waals surface area contributed by atoms with Crippen molar-refractivity contribution in [1.29, 1.82) is 0 Å². The first-order valence-corrected chi connectivity index (χ1v) is 8.25. The van der Waals surface area contributed by atoms with Gasteiger partial charge < -0.3 is 10.2 Å². The van der Waals surface area contributed by atoms with Crippen molar-refractivity contribution < 1.29 is 0 Å². The molecule has 0 amide bonds. The minimum Gasteiger partial charge on any atom is -0.307 e. The molecular formula is C17H25ClN2. The van der Waals surface area contributed by atoms with E-state index in [0.717, 1.165) is 17.1 Å². The molecule has 3 atom stereocenters. The average Bonchev–Trinajstić information content (AvgIpc) is 2.40. The third-order valence-electron chi connectivity index (χ3n) is 5.20. The minimum absolute atomic E-state index is 0.331. The van der Waals surface area contributed by atoms with E-state index in [-0.39, 0.29) is 0 Å². The molecule has 0 spiro atoms. The average molecular weight is 293 g/mol. The Kier molecular flexibility index (Phi) is 4.34. The maximum Gasteiger partial charge on any atom is 0.0453 e. The van der Waals surface area contributed by atoms with Crippen LogP contribution >= 0.6 is 11.6 Å². The van der Waals surface area contributed by atoms with Crippen molar-refractivity contribution in [3.05, 3.63) is 34.9 Å². The first kappa shape index (κ1) is 14.4. The molecule has 3 heteroatoms. The molecule has 2 aliphatic rings. The summed E-state index contributed by atoms with van der Waals surface area (Å²) in [4.78, 5) is 2.61. The van der Waals surface area contributed by atoms with E-state index in [2.05, 4.69) is 36.3 Å². The highest BCUT2D eigenvalue weighted by atomic mass is 35.5. The number of halogens is 1. The highest BCUT2D eigenvalue weighted by Crippen LogP contribution is 2.34. The van der Waals surface area contributed by atoms with Crippen LogP contribution in [0.2, 0.25) is 5.02 Å². The third-order valence-corrected chi connectivity index (χ3v) is 5.54. The lowest BCUT2D eigenvalue weighted by Gasteiger charge is -2.47. The van der Waals surface area contributed by atoms with Crippen molar-refractivity contribution >= 4 is 11.6 Å². The Balaban J connectivity index is 1.65. The molecule has 20 heavy (non-hydrogen) atoms. The number of benzene rings is 1. The summed E-state index contributed by atoms with van der Waals surface area (Å²) in [6.45, 7) is 2.23. The van der Waals surface area contributed by atoms with Crippen LogP contribution in [0.25, 0.3) is 0 Å². The van der Waals surface area contributed by atoms with Gasteiger partial charge in [-0.1, -0.05) is 36.2 Å². The fourth-order valence-electron chi connectivity index (χ4n) is 4.02. The Bertz CT molecular complexity index is 448. The Hall–Kier alpha value is -0.570. The molecule has 2 fully saturated rings. The van der Waals surface area contributed by atoms with Crippen molar-refractivity contribution in [2.45, 2.75) is 63.2 Å². The SMILES string of the molecule is CC(NC1CC2CCCC(C1)N2C)c1ccccc1Cl. The lowest BCUT2D eigenvalue weighted by molar-refractivity contribution is 0.0463. The van der Waals surface area contributed by atoms with Gasteiger partial charge in [-0.05, 0) is 51.3 Å². The fraction of sp³-hybridized carbons (Fsp3) is 0.647. The minimum atomic E-state index is 0.331. The second kappa shape index (κ2) is 6.05. The van der Waals surface area contributed by atoms with Gasteiger partial charge in [-0.25, -0.2) is 0 Å². The van der Waals surface area contributed by atoms with E-state index in [1.54, 1.807) is 0 Å². The van der Waals surface area contributed by atoms with E-state index in [0.29, 0.717) is 12.1 Å². The van der Waals surface area contributed by atoms with Gasteiger partial charge in [0.05, 0.1) is 0 Å². The highest BCUT2D eigenvalue weighted by molar-refractivity contribution is 6.31. The molecule has 2 aliphatic heterocycles. The Morgan fingerprint density at radius 3 is 2.50 bits per heavy atom. The zero-order valence-corrected chi connectivity index (χ0v) is 13.2. The molecule has 3 rings (SSSR count). The number of fused-ring (bicyclic) bond motifs is 2. The predicted octanol–water partition coefficient (Wildman–Crippen LogP) is 4.01. The summed E-state index contributed by atoms with van der Waals surface area (Å²) in [6, 6.07) is 10.7. The first-order valence-electron chi connectivity index (χ1n) is 7.87. The number of nitrogens with one attached hydrogen (secondary N) is 1. The van der Waals surface area contributed by atoms with Gasteiger partial charge in [-0.3, -0.25) is 0 Å².